The second-order valence-corrected chi connectivity index (χ2v) is 6.52. The van der Waals surface area contributed by atoms with Gasteiger partial charge in [-0.2, -0.15) is 0 Å². The van der Waals surface area contributed by atoms with Crippen LogP contribution in [0.5, 0.6) is 0 Å². The van der Waals surface area contributed by atoms with Gasteiger partial charge in [0.15, 0.2) is 17.7 Å². The zero-order chi connectivity index (χ0) is 21.1. The van der Waals surface area contributed by atoms with Gasteiger partial charge >= 0.3 is 5.97 Å². The number of ether oxygens (including phenoxy) is 1. The van der Waals surface area contributed by atoms with E-state index in [1.165, 1.54) is 18.4 Å². The van der Waals surface area contributed by atoms with Crippen LogP contribution in [0.15, 0.2) is 76.1 Å². The molecular formula is C22H17N3O5. The van der Waals surface area contributed by atoms with Crippen LogP contribution in [0.4, 0.5) is 5.69 Å². The second kappa shape index (κ2) is 8.04. The van der Waals surface area contributed by atoms with E-state index in [1.54, 1.807) is 55.5 Å². The summed E-state index contributed by atoms with van der Waals surface area (Å²) in [6.45, 7) is 1.63. The molecule has 0 fully saturated rings. The number of H-pyrrole nitrogens is 1. The number of esters is 1. The third-order valence-electron chi connectivity index (χ3n) is 4.42. The van der Waals surface area contributed by atoms with Gasteiger partial charge < -0.3 is 19.5 Å². The molecule has 0 aliphatic carbocycles. The highest BCUT2D eigenvalue weighted by Gasteiger charge is 2.17. The van der Waals surface area contributed by atoms with Gasteiger partial charge in [0.25, 0.3) is 11.5 Å². The van der Waals surface area contributed by atoms with E-state index < -0.39 is 18.0 Å². The number of amides is 1. The number of anilines is 1. The van der Waals surface area contributed by atoms with Crippen LogP contribution in [-0.4, -0.2) is 21.8 Å². The highest BCUT2D eigenvalue weighted by Crippen LogP contribution is 2.18. The van der Waals surface area contributed by atoms with Crippen LogP contribution in [0.1, 0.15) is 39.8 Å². The fourth-order valence-corrected chi connectivity index (χ4v) is 2.87. The fraction of sp³-hybridized carbons (Fsp3) is 0.0909. The van der Waals surface area contributed by atoms with Crippen molar-refractivity contribution in [1.82, 2.24) is 9.97 Å². The molecule has 150 valence electrons. The molecule has 2 aromatic heterocycles. The Labute approximate surface area is 170 Å². The van der Waals surface area contributed by atoms with Gasteiger partial charge in [0.05, 0.1) is 22.7 Å². The van der Waals surface area contributed by atoms with Gasteiger partial charge in [-0.1, -0.05) is 12.1 Å². The lowest BCUT2D eigenvalue weighted by atomic mass is 10.2. The fourth-order valence-electron chi connectivity index (χ4n) is 2.87. The van der Waals surface area contributed by atoms with Crippen molar-refractivity contribution in [1.29, 1.82) is 0 Å². The lowest BCUT2D eigenvalue weighted by Crippen LogP contribution is -2.17. The summed E-state index contributed by atoms with van der Waals surface area (Å²) < 4.78 is 10.5. The van der Waals surface area contributed by atoms with Crippen molar-refractivity contribution in [3.05, 3.63) is 94.4 Å². The summed E-state index contributed by atoms with van der Waals surface area (Å²) in [4.78, 5) is 43.6. The number of furan rings is 1. The molecule has 8 heteroatoms. The minimum atomic E-state index is -0.756. The Hall–Kier alpha value is -4.20. The monoisotopic (exact) mass is 403 g/mol. The van der Waals surface area contributed by atoms with Crippen molar-refractivity contribution in [3.63, 3.8) is 0 Å². The van der Waals surface area contributed by atoms with Gasteiger partial charge in [-0.05, 0) is 55.5 Å². The smallest absolute Gasteiger partial charge is 0.338 e. The molecule has 2 aromatic carbocycles. The van der Waals surface area contributed by atoms with Gasteiger partial charge in [-0.3, -0.25) is 9.59 Å². The van der Waals surface area contributed by atoms with Crippen LogP contribution in [0.25, 0.3) is 10.9 Å². The molecule has 1 atom stereocenters. The van der Waals surface area contributed by atoms with E-state index in [0.29, 0.717) is 22.2 Å². The molecule has 0 aliphatic heterocycles. The molecule has 0 aliphatic rings. The molecular weight excluding hydrogens is 386 g/mol. The minimum absolute atomic E-state index is 0.184. The van der Waals surface area contributed by atoms with Crippen LogP contribution in [0.2, 0.25) is 0 Å². The van der Waals surface area contributed by atoms with E-state index in [0.717, 1.165) is 0 Å². The van der Waals surface area contributed by atoms with Crippen molar-refractivity contribution >= 4 is 28.5 Å². The molecule has 2 heterocycles. The highest BCUT2D eigenvalue weighted by molar-refractivity contribution is 6.02. The number of hydrogen-bond acceptors (Lipinski definition) is 6. The summed E-state index contributed by atoms with van der Waals surface area (Å²) in [5.74, 6) is -0.531. The normalized spacial score (nSPS) is 11.8. The van der Waals surface area contributed by atoms with E-state index in [-0.39, 0.29) is 17.1 Å². The van der Waals surface area contributed by atoms with E-state index in [1.807, 2.05) is 0 Å². The first-order valence-corrected chi connectivity index (χ1v) is 9.16. The van der Waals surface area contributed by atoms with E-state index in [4.69, 9.17) is 9.15 Å². The first-order valence-electron chi connectivity index (χ1n) is 9.16. The summed E-state index contributed by atoms with van der Waals surface area (Å²) in [5, 5.41) is 3.13. The van der Waals surface area contributed by atoms with Crippen molar-refractivity contribution < 1.29 is 18.7 Å². The Bertz CT molecular complexity index is 1260. The van der Waals surface area contributed by atoms with Crippen molar-refractivity contribution in [2.75, 3.05) is 5.32 Å². The number of fused-ring (bicyclic) bond motifs is 1. The van der Waals surface area contributed by atoms with E-state index in [9.17, 15) is 14.4 Å². The third kappa shape index (κ3) is 3.97. The van der Waals surface area contributed by atoms with Crippen LogP contribution in [-0.2, 0) is 4.74 Å². The molecule has 0 radical (unpaired) electrons. The SMILES string of the molecule is C[C@H](OC(=O)c1ccc(NC(=O)c2ccco2)cc1)c1nc2ccccc2c(=O)[nH]1. The molecule has 2 N–H and O–H groups in total. The van der Waals surface area contributed by atoms with Crippen LogP contribution >= 0.6 is 0 Å². The Kier molecular flexibility index (Phi) is 5.13. The molecule has 8 nitrogen and oxygen atoms in total. The van der Waals surface area contributed by atoms with Gasteiger partial charge in [0.2, 0.25) is 0 Å². The number of nitrogens with one attached hydrogen (secondary N) is 2. The molecule has 4 rings (SSSR count). The molecule has 0 unspecified atom stereocenters. The summed E-state index contributed by atoms with van der Waals surface area (Å²) in [5.41, 5.74) is 1.02. The predicted molar refractivity (Wildman–Crippen MR) is 109 cm³/mol. The number of carbonyl (C=O) groups excluding carboxylic acids is 2. The number of aromatic nitrogens is 2. The Morgan fingerprint density at radius 3 is 2.57 bits per heavy atom. The number of nitrogens with zero attached hydrogens (tertiary/aromatic N) is 1. The molecule has 0 spiro atoms. The topological polar surface area (TPSA) is 114 Å². The molecule has 4 aromatic rings. The van der Waals surface area contributed by atoms with E-state index >= 15 is 0 Å². The second-order valence-electron chi connectivity index (χ2n) is 6.52. The summed E-state index contributed by atoms with van der Waals surface area (Å²) in [6.07, 6.45) is 0.653. The highest BCUT2D eigenvalue weighted by atomic mass is 16.5. The van der Waals surface area contributed by atoms with Crippen LogP contribution < -0.4 is 10.9 Å². The number of aromatic amines is 1. The predicted octanol–water partition coefficient (Wildman–Crippen LogP) is 3.69. The molecule has 30 heavy (non-hydrogen) atoms. The van der Waals surface area contributed by atoms with Crippen molar-refractivity contribution in [3.8, 4) is 0 Å². The average Bonchev–Trinajstić information content (AvgIpc) is 3.29. The maximum atomic E-state index is 12.5. The number of rotatable bonds is 5. The summed E-state index contributed by atoms with van der Waals surface area (Å²) in [7, 11) is 0. The average molecular weight is 403 g/mol. The van der Waals surface area contributed by atoms with Crippen LogP contribution in [0, 0.1) is 0 Å². The molecule has 0 bridgehead atoms. The zero-order valence-electron chi connectivity index (χ0n) is 15.9. The summed E-state index contributed by atoms with van der Waals surface area (Å²) >= 11 is 0. The zero-order valence-corrected chi connectivity index (χ0v) is 15.9. The lowest BCUT2D eigenvalue weighted by Gasteiger charge is -2.13. The number of carbonyl (C=O) groups is 2. The molecule has 1 amide bonds. The van der Waals surface area contributed by atoms with Crippen molar-refractivity contribution in [2.24, 2.45) is 0 Å². The lowest BCUT2D eigenvalue weighted by molar-refractivity contribution is 0.0320. The molecule has 0 saturated heterocycles. The first-order chi connectivity index (χ1) is 14.5. The standard InChI is InChI=1S/C22H17N3O5/c1-13(19-24-17-6-3-2-5-16(17)20(26)25-19)30-22(28)14-8-10-15(11-9-14)23-21(27)18-7-4-12-29-18/h2-13H,1H3,(H,23,27)(H,24,25,26)/t13-/m0/s1. The van der Waals surface area contributed by atoms with Crippen molar-refractivity contribution in [2.45, 2.75) is 13.0 Å². The number of benzene rings is 2. The largest absolute Gasteiger partial charge is 0.459 e. The number of para-hydroxylation sites is 1. The molecule has 0 saturated carbocycles. The summed E-state index contributed by atoms with van der Waals surface area (Å²) in [6, 6.07) is 16.3. The first kappa shape index (κ1) is 19.1. The minimum Gasteiger partial charge on any atom is -0.459 e. The van der Waals surface area contributed by atoms with Crippen LogP contribution in [0.3, 0.4) is 0 Å². The van der Waals surface area contributed by atoms with E-state index in [2.05, 4.69) is 15.3 Å². The number of hydrogen-bond donors (Lipinski definition) is 2. The Balaban J connectivity index is 1.44. The Morgan fingerprint density at radius 2 is 1.83 bits per heavy atom. The van der Waals surface area contributed by atoms with Gasteiger partial charge in [0.1, 0.15) is 0 Å². The maximum Gasteiger partial charge on any atom is 0.338 e. The quantitative estimate of drug-likeness (QED) is 0.491. The maximum absolute atomic E-state index is 12.5. The van der Waals surface area contributed by atoms with Gasteiger partial charge in [-0.25, -0.2) is 9.78 Å². The van der Waals surface area contributed by atoms with Gasteiger partial charge in [0, 0.05) is 5.69 Å². The Morgan fingerprint density at radius 1 is 1.07 bits per heavy atom. The van der Waals surface area contributed by atoms with Gasteiger partial charge in [-0.15, -0.1) is 0 Å². The third-order valence-corrected chi connectivity index (χ3v) is 4.42.